The standard InChI is InChI=1S/C15H14N2O2S/c1-11-6-7-13(10-14(11)16)20(18,19)17-9-8-12-4-2-3-5-15(12)17/h2-10H,16H2,1H3. The third kappa shape index (κ3) is 1.87. The molecule has 20 heavy (non-hydrogen) atoms. The average molecular weight is 286 g/mol. The van der Waals surface area contributed by atoms with Crippen molar-refractivity contribution < 1.29 is 8.42 Å². The van der Waals surface area contributed by atoms with E-state index in [9.17, 15) is 8.42 Å². The van der Waals surface area contributed by atoms with Crippen molar-refractivity contribution in [1.29, 1.82) is 0 Å². The van der Waals surface area contributed by atoms with E-state index in [-0.39, 0.29) is 4.90 Å². The summed E-state index contributed by atoms with van der Waals surface area (Å²) in [7, 11) is -3.62. The van der Waals surface area contributed by atoms with E-state index in [0.29, 0.717) is 11.2 Å². The van der Waals surface area contributed by atoms with Crippen molar-refractivity contribution in [3.05, 3.63) is 60.3 Å². The van der Waals surface area contributed by atoms with Crippen molar-refractivity contribution in [3.63, 3.8) is 0 Å². The number of benzene rings is 2. The molecule has 1 heterocycles. The SMILES string of the molecule is Cc1ccc(S(=O)(=O)n2ccc3ccccc32)cc1N. The lowest BCUT2D eigenvalue weighted by atomic mass is 10.2. The Morgan fingerprint density at radius 2 is 1.80 bits per heavy atom. The molecule has 102 valence electrons. The summed E-state index contributed by atoms with van der Waals surface area (Å²) in [5, 5.41) is 0.885. The lowest BCUT2D eigenvalue weighted by Gasteiger charge is -2.09. The average Bonchev–Trinajstić information content (AvgIpc) is 2.86. The molecule has 1 aromatic heterocycles. The highest BCUT2D eigenvalue weighted by Crippen LogP contribution is 2.24. The van der Waals surface area contributed by atoms with Gasteiger partial charge in [0.15, 0.2) is 0 Å². The summed E-state index contributed by atoms with van der Waals surface area (Å²) in [5.74, 6) is 0. The number of hydrogen-bond donors (Lipinski definition) is 1. The van der Waals surface area contributed by atoms with Gasteiger partial charge >= 0.3 is 0 Å². The van der Waals surface area contributed by atoms with Crippen LogP contribution in [0.5, 0.6) is 0 Å². The zero-order valence-electron chi connectivity index (χ0n) is 10.9. The largest absolute Gasteiger partial charge is 0.398 e. The zero-order valence-corrected chi connectivity index (χ0v) is 11.8. The van der Waals surface area contributed by atoms with Gasteiger partial charge in [-0.15, -0.1) is 0 Å². The number of rotatable bonds is 2. The second kappa shape index (κ2) is 4.38. The minimum absolute atomic E-state index is 0.196. The van der Waals surface area contributed by atoms with Gasteiger partial charge in [0.2, 0.25) is 0 Å². The molecule has 0 atom stereocenters. The Kier molecular flexibility index (Phi) is 2.79. The lowest BCUT2D eigenvalue weighted by molar-refractivity contribution is 0.589. The van der Waals surface area contributed by atoms with Crippen LogP contribution in [0, 0.1) is 6.92 Å². The normalized spacial score (nSPS) is 11.8. The minimum atomic E-state index is -3.62. The fraction of sp³-hybridized carbons (Fsp3) is 0.0667. The fourth-order valence-corrected chi connectivity index (χ4v) is 3.55. The molecule has 2 aromatic carbocycles. The molecule has 0 amide bonds. The van der Waals surface area contributed by atoms with Crippen LogP contribution in [0.25, 0.3) is 10.9 Å². The monoisotopic (exact) mass is 286 g/mol. The van der Waals surface area contributed by atoms with E-state index in [4.69, 9.17) is 5.73 Å². The number of nitrogen functional groups attached to an aromatic ring is 1. The third-order valence-electron chi connectivity index (χ3n) is 3.37. The maximum absolute atomic E-state index is 12.7. The minimum Gasteiger partial charge on any atom is -0.398 e. The van der Waals surface area contributed by atoms with E-state index in [2.05, 4.69) is 0 Å². The summed E-state index contributed by atoms with van der Waals surface area (Å²) in [5.41, 5.74) is 7.81. The molecule has 0 unspecified atom stereocenters. The molecular formula is C15H14N2O2S. The third-order valence-corrected chi connectivity index (χ3v) is 5.06. The maximum Gasteiger partial charge on any atom is 0.268 e. The Hall–Kier alpha value is -2.27. The summed E-state index contributed by atoms with van der Waals surface area (Å²) in [6.07, 6.45) is 1.57. The number of para-hydroxylation sites is 1. The van der Waals surface area contributed by atoms with Gasteiger partial charge in [-0.3, -0.25) is 0 Å². The molecule has 3 rings (SSSR count). The highest BCUT2D eigenvalue weighted by Gasteiger charge is 2.19. The Bertz CT molecular complexity index is 895. The predicted octanol–water partition coefficient (Wildman–Crippen LogP) is 2.77. The summed E-state index contributed by atoms with van der Waals surface area (Å²) in [4.78, 5) is 0.196. The van der Waals surface area contributed by atoms with Crippen LogP contribution in [0.4, 0.5) is 5.69 Å². The summed E-state index contributed by atoms with van der Waals surface area (Å²) in [6, 6.07) is 13.9. The summed E-state index contributed by atoms with van der Waals surface area (Å²) in [6.45, 7) is 1.84. The number of hydrogen-bond acceptors (Lipinski definition) is 3. The molecule has 0 radical (unpaired) electrons. The van der Waals surface area contributed by atoms with Gasteiger partial charge in [-0.25, -0.2) is 12.4 Å². The van der Waals surface area contributed by atoms with E-state index >= 15 is 0 Å². The predicted molar refractivity (Wildman–Crippen MR) is 80.1 cm³/mol. The number of aromatic nitrogens is 1. The van der Waals surface area contributed by atoms with Gasteiger partial charge in [0.25, 0.3) is 10.0 Å². The van der Waals surface area contributed by atoms with Gasteiger partial charge in [-0.1, -0.05) is 24.3 Å². The molecule has 2 N–H and O–H groups in total. The Balaban J connectivity index is 2.23. The number of aryl methyl sites for hydroxylation is 1. The van der Waals surface area contributed by atoms with E-state index in [1.165, 1.54) is 10.0 Å². The molecule has 3 aromatic rings. The molecule has 0 fully saturated rings. The van der Waals surface area contributed by atoms with Gasteiger partial charge in [-0.2, -0.15) is 0 Å². The van der Waals surface area contributed by atoms with Crippen LogP contribution in [0.2, 0.25) is 0 Å². The molecule has 0 aliphatic heterocycles. The Labute approximate surface area is 117 Å². The Morgan fingerprint density at radius 1 is 1.05 bits per heavy atom. The van der Waals surface area contributed by atoms with Crippen molar-refractivity contribution in [3.8, 4) is 0 Å². The van der Waals surface area contributed by atoms with Crippen LogP contribution < -0.4 is 5.73 Å². The first-order chi connectivity index (χ1) is 9.50. The first-order valence-electron chi connectivity index (χ1n) is 6.18. The van der Waals surface area contributed by atoms with Crippen molar-refractivity contribution in [2.75, 3.05) is 5.73 Å². The molecular weight excluding hydrogens is 272 g/mol. The van der Waals surface area contributed by atoms with Crippen molar-refractivity contribution in [1.82, 2.24) is 3.97 Å². The van der Waals surface area contributed by atoms with Gasteiger partial charge in [-0.05, 0) is 36.8 Å². The zero-order chi connectivity index (χ0) is 14.3. The van der Waals surface area contributed by atoms with Crippen LogP contribution in [0.1, 0.15) is 5.56 Å². The summed E-state index contributed by atoms with van der Waals surface area (Å²) < 4.78 is 26.6. The highest BCUT2D eigenvalue weighted by molar-refractivity contribution is 7.90. The fourth-order valence-electron chi connectivity index (χ4n) is 2.16. The molecule has 0 spiro atoms. The van der Waals surface area contributed by atoms with E-state index in [1.807, 2.05) is 25.1 Å². The molecule has 0 aliphatic carbocycles. The first-order valence-corrected chi connectivity index (χ1v) is 7.62. The van der Waals surface area contributed by atoms with Gasteiger partial charge in [0, 0.05) is 17.3 Å². The highest BCUT2D eigenvalue weighted by atomic mass is 32.2. The van der Waals surface area contributed by atoms with Crippen LogP contribution in [0.15, 0.2) is 59.6 Å². The van der Waals surface area contributed by atoms with E-state index in [1.54, 1.807) is 30.5 Å². The van der Waals surface area contributed by atoms with Crippen molar-refractivity contribution >= 4 is 26.6 Å². The molecule has 0 aliphatic rings. The smallest absolute Gasteiger partial charge is 0.268 e. The number of nitrogens with two attached hydrogens (primary N) is 1. The second-order valence-corrected chi connectivity index (χ2v) is 6.51. The lowest BCUT2D eigenvalue weighted by Crippen LogP contribution is -2.12. The maximum atomic E-state index is 12.7. The molecule has 0 bridgehead atoms. The van der Waals surface area contributed by atoms with Crippen LogP contribution in [-0.2, 0) is 10.0 Å². The molecule has 4 nitrogen and oxygen atoms in total. The van der Waals surface area contributed by atoms with Crippen LogP contribution >= 0.6 is 0 Å². The van der Waals surface area contributed by atoms with Gasteiger partial charge in [0.05, 0.1) is 10.4 Å². The number of fused-ring (bicyclic) bond motifs is 1. The van der Waals surface area contributed by atoms with Crippen molar-refractivity contribution in [2.45, 2.75) is 11.8 Å². The van der Waals surface area contributed by atoms with Crippen LogP contribution in [0.3, 0.4) is 0 Å². The van der Waals surface area contributed by atoms with Gasteiger partial charge in [0.1, 0.15) is 0 Å². The van der Waals surface area contributed by atoms with Crippen molar-refractivity contribution in [2.24, 2.45) is 0 Å². The quantitative estimate of drug-likeness (QED) is 0.737. The Morgan fingerprint density at radius 3 is 2.55 bits per heavy atom. The number of anilines is 1. The summed E-state index contributed by atoms with van der Waals surface area (Å²) >= 11 is 0. The first kappa shape index (κ1) is 12.7. The molecule has 0 saturated carbocycles. The van der Waals surface area contributed by atoms with E-state index < -0.39 is 10.0 Å². The number of nitrogens with zero attached hydrogens (tertiary/aromatic N) is 1. The molecule has 5 heteroatoms. The van der Waals surface area contributed by atoms with E-state index in [0.717, 1.165) is 10.9 Å². The van der Waals surface area contributed by atoms with Gasteiger partial charge < -0.3 is 5.73 Å². The molecule has 0 saturated heterocycles. The van der Waals surface area contributed by atoms with Crippen LogP contribution in [-0.4, -0.2) is 12.4 Å². The second-order valence-electron chi connectivity index (χ2n) is 4.69. The topological polar surface area (TPSA) is 65.1 Å².